The average molecular weight is 494 g/mol. The lowest BCUT2D eigenvalue weighted by molar-refractivity contribution is 0.0803. The molecular weight excluding hydrogens is 465 g/mol. The first-order chi connectivity index (χ1) is 16.8. The molecule has 0 unspecified atom stereocenters. The maximum atomic E-state index is 14.7. The number of likely N-dealkylation sites (N-methyl/N-ethyl adjacent to an activating group) is 1. The van der Waals surface area contributed by atoms with Crippen LogP contribution in [0.1, 0.15) is 26.3 Å². The number of anilines is 3. The van der Waals surface area contributed by atoms with Crippen LogP contribution in [0.5, 0.6) is 0 Å². The highest BCUT2D eigenvalue weighted by Gasteiger charge is 2.22. The minimum atomic E-state index is -1.04. The molecular formula is C25H28FN7OS. The van der Waals surface area contributed by atoms with Crippen LogP contribution in [0, 0.1) is 5.82 Å². The van der Waals surface area contributed by atoms with E-state index in [2.05, 4.69) is 42.0 Å². The summed E-state index contributed by atoms with van der Waals surface area (Å²) in [6.45, 7) is 10.8. The van der Waals surface area contributed by atoms with Crippen LogP contribution in [0.25, 0.3) is 20.8 Å². The Bertz CT molecular complexity index is 1330. The van der Waals surface area contributed by atoms with Gasteiger partial charge < -0.3 is 20.2 Å². The number of hydrogen-bond acceptors (Lipinski definition) is 9. The van der Waals surface area contributed by atoms with Crippen molar-refractivity contribution in [3.63, 3.8) is 0 Å². The van der Waals surface area contributed by atoms with Crippen LogP contribution < -0.4 is 10.2 Å². The molecule has 0 spiro atoms. The minimum absolute atomic E-state index is 0.178. The first-order valence-corrected chi connectivity index (χ1v) is 12.5. The van der Waals surface area contributed by atoms with Crippen LogP contribution in [0.4, 0.5) is 21.8 Å². The quantitative estimate of drug-likeness (QED) is 0.409. The Balaban J connectivity index is 1.37. The number of rotatable bonds is 6. The number of nitrogens with one attached hydrogen (secondary N) is 1. The lowest BCUT2D eigenvalue weighted by Crippen LogP contribution is -2.46. The van der Waals surface area contributed by atoms with Crippen molar-refractivity contribution < 1.29 is 9.50 Å². The smallest absolute Gasteiger partial charge is 0.229 e. The maximum absolute atomic E-state index is 14.7. The molecule has 1 fully saturated rings. The summed E-state index contributed by atoms with van der Waals surface area (Å²) in [5.74, 6) is 0.314. The number of aliphatic hydroxyl groups is 1. The van der Waals surface area contributed by atoms with E-state index >= 15 is 0 Å². The Labute approximate surface area is 207 Å². The molecule has 4 aromatic rings. The fourth-order valence-corrected chi connectivity index (χ4v) is 5.49. The molecule has 8 nitrogen and oxygen atoms in total. The van der Waals surface area contributed by atoms with Gasteiger partial charge in [0.15, 0.2) is 5.82 Å². The van der Waals surface area contributed by atoms with Crippen LogP contribution in [0.15, 0.2) is 42.9 Å². The normalized spacial score (nSPS) is 15.1. The Kier molecular flexibility index (Phi) is 6.35. The molecule has 0 bridgehead atoms. The molecule has 0 aliphatic carbocycles. The van der Waals surface area contributed by atoms with Gasteiger partial charge in [0.05, 0.1) is 38.8 Å². The summed E-state index contributed by atoms with van der Waals surface area (Å²) in [4.78, 5) is 22.8. The zero-order valence-corrected chi connectivity index (χ0v) is 20.8. The van der Waals surface area contributed by atoms with Crippen molar-refractivity contribution in [2.24, 2.45) is 0 Å². The van der Waals surface area contributed by atoms with Gasteiger partial charge in [0.25, 0.3) is 0 Å². The van der Waals surface area contributed by atoms with Crippen LogP contribution in [0.2, 0.25) is 0 Å². The van der Waals surface area contributed by atoms with Crippen molar-refractivity contribution in [1.82, 2.24) is 24.8 Å². The molecule has 0 amide bonds. The number of hydrogen-bond donors (Lipinski definition) is 2. The number of nitrogens with zero attached hydrogens (tertiary/aromatic N) is 6. The van der Waals surface area contributed by atoms with E-state index in [0.29, 0.717) is 16.2 Å². The van der Waals surface area contributed by atoms with Gasteiger partial charge in [-0.3, -0.25) is 4.98 Å². The molecule has 1 saturated heterocycles. The fraction of sp³-hybridized carbons (Fsp3) is 0.360. The highest BCUT2D eigenvalue weighted by Crippen LogP contribution is 2.38. The first-order valence-electron chi connectivity index (χ1n) is 11.7. The highest BCUT2D eigenvalue weighted by molar-refractivity contribution is 7.22. The zero-order chi connectivity index (χ0) is 24.6. The van der Waals surface area contributed by atoms with Gasteiger partial charge in [-0.25, -0.2) is 19.3 Å². The standard InChI is InChI=1S/C25H28FN7OS/c1-4-32-9-11-33(12-10-32)16-5-6-21(28-14-16)30-24-29-15-18(26)22(31-24)20-13-19-23(35-20)17(7-8-27-19)25(2,3)34/h5-8,13-15,34H,4,9-12H2,1-3H3,(H,28,29,30,31). The average Bonchev–Trinajstić information content (AvgIpc) is 3.29. The van der Waals surface area contributed by atoms with Gasteiger partial charge in [0, 0.05) is 37.9 Å². The van der Waals surface area contributed by atoms with Crippen LogP contribution >= 0.6 is 11.3 Å². The fourth-order valence-electron chi connectivity index (χ4n) is 4.22. The van der Waals surface area contributed by atoms with E-state index in [4.69, 9.17) is 0 Å². The molecule has 2 N–H and O–H groups in total. The van der Waals surface area contributed by atoms with E-state index in [-0.39, 0.29) is 11.6 Å². The number of aromatic nitrogens is 4. The molecule has 4 aromatic heterocycles. The monoisotopic (exact) mass is 493 g/mol. The number of pyridine rings is 2. The molecule has 0 saturated carbocycles. The van der Waals surface area contributed by atoms with Gasteiger partial charge in [-0.2, -0.15) is 0 Å². The summed E-state index contributed by atoms with van der Waals surface area (Å²) < 4.78 is 15.5. The number of piperazine rings is 1. The van der Waals surface area contributed by atoms with E-state index < -0.39 is 11.4 Å². The summed E-state index contributed by atoms with van der Waals surface area (Å²) in [7, 11) is 0. The number of fused-ring (bicyclic) bond motifs is 1. The Morgan fingerprint density at radius 3 is 2.57 bits per heavy atom. The summed E-state index contributed by atoms with van der Waals surface area (Å²) >= 11 is 1.35. The van der Waals surface area contributed by atoms with E-state index in [1.165, 1.54) is 11.3 Å². The van der Waals surface area contributed by atoms with Gasteiger partial charge in [0.1, 0.15) is 11.5 Å². The molecule has 5 rings (SSSR count). The lowest BCUT2D eigenvalue weighted by Gasteiger charge is -2.35. The summed E-state index contributed by atoms with van der Waals surface area (Å²) in [6, 6.07) is 7.48. The predicted octanol–water partition coefficient (Wildman–Crippen LogP) is 4.40. The van der Waals surface area contributed by atoms with Crippen molar-refractivity contribution in [1.29, 1.82) is 0 Å². The topological polar surface area (TPSA) is 90.3 Å². The Morgan fingerprint density at radius 1 is 1.09 bits per heavy atom. The second-order valence-electron chi connectivity index (χ2n) is 9.08. The Hall–Kier alpha value is -3.21. The van der Waals surface area contributed by atoms with Crippen molar-refractivity contribution >= 4 is 39.0 Å². The predicted molar refractivity (Wildman–Crippen MR) is 138 cm³/mol. The second kappa shape index (κ2) is 9.44. The van der Waals surface area contributed by atoms with Crippen LogP contribution in [0.3, 0.4) is 0 Å². The van der Waals surface area contributed by atoms with Gasteiger partial charge >= 0.3 is 0 Å². The molecule has 1 aliphatic heterocycles. The molecule has 1 aliphatic rings. The van der Waals surface area contributed by atoms with E-state index in [1.807, 2.05) is 18.3 Å². The van der Waals surface area contributed by atoms with Crippen molar-refractivity contribution in [2.45, 2.75) is 26.4 Å². The summed E-state index contributed by atoms with van der Waals surface area (Å²) in [5.41, 5.74) is 1.65. The van der Waals surface area contributed by atoms with Gasteiger partial charge in [-0.1, -0.05) is 6.92 Å². The second-order valence-corrected chi connectivity index (χ2v) is 10.1. The third kappa shape index (κ3) is 4.95. The van der Waals surface area contributed by atoms with E-state index in [0.717, 1.165) is 54.9 Å². The van der Waals surface area contributed by atoms with Crippen molar-refractivity contribution in [3.8, 4) is 10.6 Å². The first kappa shape index (κ1) is 23.5. The van der Waals surface area contributed by atoms with Crippen molar-refractivity contribution in [3.05, 3.63) is 54.2 Å². The minimum Gasteiger partial charge on any atom is -0.386 e. The molecule has 35 heavy (non-hydrogen) atoms. The molecule has 0 atom stereocenters. The van der Waals surface area contributed by atoms with Crippen LogP contribution in [-0.4, -0.2) is 62.7 Å². The largest absolute Gasteiger partial charge is 0.386 e. The molecule has 0 radical (unpaired) electrons. The van der Waals surface area contributed by atoms with Crippen LogP contribution in [-0.2, 0) is 5.60 Å². The molecule has 0 aromatic carbocycles. The maximum Gasteiger partial charge on any atom is 0.229 e. The molecule has 182 valence electrons. The molecule has 5 heterocycles. The zero-order valence-electron chi connectivity index (χ0n) is 20.0. The van der Waals surface area contributed by atoms with Gasteiger partial charge in [0.2, 0.25) is 5.95 Å². The third-order valence-electron chi connectivity index (χ3n) is 6.22. The van der Waals surface area contributed by atoms with E-state index in [9.17, 15) is 9.50 Å². The van der Waals surface area contributed by atoms with E-state index in [1.54, 1.807) is 32.2 Å². The third-order valence-corrected chi connectivity index (χ3v) is 7.39. The highest BCUT2D eigenvalue weighted by atomic mass is 32.1. The SMILES string of the molecule is CCN1CCN(c2ccc(Nc3ncc(F)c(-c4cc5nccc(C(C)(C)O)c5s4)n3)nc2)CC1. The number of thiophene rings is 1. The van der Waals surface area contributed by atoms with Crippen molar-refractivity contribution in [2.75, 3.05) is 42.9 Å². The van der Waals surface area contributed by atoms with Gasteiger partial charge in [-0.05, 0) is 44.7 Å². The van der Waals surface area contributed by atoms with Gasteiger partial charge in [-0.15, -0.1) is 11.3 Å². The molecule has 10 heteroatoms. The summed E-state index contributed by atoms with van der Waals surface area (Å²) in [5, 5.41) is 13.6. The Morgan fingerprint density at radius 2 is 1.89 bits per heavy atom. The summed E-state index contributed by atoms with van der Waals surface area (Å²) in [6.07, 6.45) is 4.64. The lowest BCUT2D eigenvalue weighted by atomic mass is 9.99. The number of halogens is 1.